The number of hydrogen-bond acceptors (Lipinski definition) is 4. The molecule has 0 spiro atoms. The predicted molar refractivity (Wildman–Crippen MR) is 168 cm³/mol. The minimum Gasteiger partial charge on any atom is -0.481 e. The second-order valence-corrected chi connectivity index (χ2v) is 10.5. The van der Waals surface area contributed by atoms with Crippen molar-refractivity contribution in [1.82, 2.24) is 4.98 Å². The zero-order valence-electron chi connectivity index (χ0n) is 25.0. The van der Waals surface area contributed by atoms with Gasteiger partial charge in [-0.15, -0.1) is 0 Å². The Morgan fingerprint density at radius 3 is 2.55 bits per heavy atom. The van der Waals surface area contributed by atoms with E-state index in [-0.39, 0.29) is 0 Å². The maximum atomic E-state index is 12.6. The fourth-order valence-corrected chi connectivity index (χ4v) is 5.23. The van der Waals surface area contributed by atoms with Crippen molar-refractivity contribution in [3.05, 3.63) is 106 Å². The molecule has 4 aromatic rings. The van der Waals surface area contributed by atoms with Crippen LogP contribution in [0.25, 0.3) is 22.0 Å². The summed E-state index contributed by atoms with van der Waals surface area (Å²) in [5, 5.41) is 13.6. The molecule has 3 aromatic carbocycles. The molecule has 1 aliphatic carbocycles. The fraction of sp³-hybridized carbons (Fsp3) is 0.333. The number of benzene rings is 3. The third-order valence-corrected chi connectivity index (χ3v) is 7.92. The summed E-state index contributed by atoms with van der Waals surface area (Å²) in [6.45, 7) is 12.4. The normalized spacial score (nSPS) is 17.4. The van der Waals surface area contributed by atoms with Crippen molar-refractivity contribution in [3.63, 3.8) is 0 Å². The molecule has 1 heterocycles. The fourth-order valence-electron chi connectivity index (χ4n) is 5.23. The topological polar surface area (TPSA) is 54.7 Å². The number of aliphatic hydroxyl groups is 1. The molecule has 4 nitrogen and oxygen atoms in total. The van der Waals surface area contributed by atoms with Crippen molar-refractivity contribution in [1.29, 1.82) is 0 Å². The highest BCUT2D eigenvalue weighted by Crippen LogP contribution is 2.41. The molecule has 5 rings (SSSR count). The smallest absolute Gasteiger partial charge is 0.214 e. The molecule has 0 saturated heterocycles. The highest BCUT2D eigenvalue weighted by molar-refractivity contribution is 5.96. The van der Waals surface area contributed by atoms with Gasteiger partial charge in [-0.25, -0.2) is 4.98 Å². The maximum absolute atomic E-state index is 12.6. The van der Waals surface area contributed by atoms with Crippen molar-refractivity contribution in [3.8, 4) is 17.0 Å². The van der Waals surface area contributed by atoms with E-state index >= 15 is 0 Å². The second kappa shape index (κ2) is 12.6. The first kappa shape index (κ1) is 29.2. The number of methoxy groups -OCH3 is 1. The van der Waals surface area contributed by atoms with Crippen molar-refractivity contribution in [2.45, 2.75) is 66.4 Å². The molecule has 0 amide bonds. The van der Waals surface area contributed by atoms with E-state index in [1.165, 1.54) is 16.7 Å². The Bertz CT molecular complexity index is 1550. The van der Waals surface area contributed by atoms with Crippen LogP contribution in [0.1, 0.15) is 68.9 Å². The highest BCUT2D eigenvalue weighted by atomic mass is 16.5. The van der Waals surface area contributed by atoms with Crippen molar-refractivity contribution >= 4 is 17.1 Å². The van der Waals surface area contributed by atoms with Gasteiger partial charge in [-0.05, 0) is 95.7 Å². The summed E-state index contributed by atoms with van der Waals surface area (Å²) in [6, 6.07) is 23.1. The molecule has 1 aromatic heterocycles. The molecule has 0 saturated carbocycles. The van der Waals surface area contributed by atoms with Gasteiger partial charge in [0, 0.05) is 23.9 Å². The number of nitrogens with zero attached hydrogens (tertiary/aromatic N) is 2. The third kappa shape index (κ3) is 5.73. The Kier molecular flexibility index (Phi) is 9.21. The zero-order valence-corrected chi connectivity index (χ0v) is 25.0. The lowest BCUT2D eigenvalue weighted by atomic mass is 9.79. The Morgan fingerprint density at radius 1 is 1.05 bits per heavy atom. The van der Waals surface area contributed by atoms with E-state index in [2.05, 4.69) is 68.2 Å². The number of rotatable bonds is 5. The lowest BCUT2D eigenvalue weighted by Crippen LogP contribution is -2.29. The predicted octanol–water partition coefficient (Wildman–Crippen LogP) is 8.60. The van der Waals surface area contributed by atoms with Gasteiger partial charge in [0.15, 0.2) is 0 Å². The van der Waals surface area contributed by atoms with Crippen LogP contribution in [-0.4, -0.2) is 23.4 Å². The van der Waals surface area contributed by atoms with E-state index in [1.54, 1.807) is 7.11 Å². The van der Waals surface area contributed by atoms with Crippen LogP contribution in [0.3, 0.4) is 0 Å². The SMILES string of the molecule is CC.CCC(C)C=N/C=C(\C)C1(O)c2ccc(C)c(c2)CCc2cccc(c2)-c2cc(OC)nc3ccc1cc23. The number of hydrogen-bond donors (Lipinski definition) is 1. The van der Waals surface area contributed by atoms with Gasteiger partial charge >= 0.3 is 0 Å². The van der Waals surface area contributed by atoms with Crippen LogP contribution in [0.2, 0.25) is 0 Å². The van der Waals surface area contributed by atoms with Crippen LogP contribution >= 0.6 is 0 Å². The highest BCUT2D eigenvalue weighted by Gasteiger charge is 2.35. The third-order valence-electron chi connectivity index (χ3n) is 7.92. The minimum atomic E-state index is -1.35. The monoisotopic (exact) mass is 534 g/mol. The van der Waals surface area contributed by atoms with Crippen molar-refractivity contribution < 1.29 is 9.84 Å². The molecule has 1 N–H and O–H groups in total. The minimum absolute atomic E-state index is 0.374. The first-order chi connectivity index (χ1) is 19.3. The van der Waals surface area contributed by atoms with Gasteiger partial charge in [0.05, 0.1) is 12.6 Å². The molecule has 2 unspecified atom stereocenters. The quantitative estimate of drug-likeness (QED) is 0.261. The Balaban J connectivity index is 0.00000181. The van der Waals surface area contributed by atoms with Crippen molar-refractivity contribution in [2.75, 3.05) is 7.11 Å². The Morgan fingerprint density at radius 2 is 1.80 bits per heavy atom. The molecule has 1 aliphatic rings. The Hall–Kier alpha value is -3.76. The number of ether oxygens (including phenoxy) is 1. The Labute approximate surface area is 239 Å². The molecular formula is C36H42N2O2. The molecule has 40 heavy (non-hydrogen) atoms. The van der Waals surface area contributed by atoms with Gasteiger partial charge in [-0.2, -0.15) is 0 Å². The van der Waals surface area contributed by atoms with Gasteiger partial charge in [0.1, 0.15) is 5.60 Å². The van der Waals surface area contributed by atoms with Crippen LogP contribution in [0.15, 0.2) is 83.5 Å². The molecule has 208 valence electrons. The number of aryl methyl sites for hydroxylation is 3. The molecular weight excluding hydrogens is 492 g/mol. The summed E-state index contributed by atoms with van der Waals surface area (Å²) in [4.78, 5) is 9.33. The van der Waals surface area contributed by atoms with Crippen LogP contribution < -0.4 is 4.74 Å². The summed E-state index contributed by atoms with van der Waals surface area (Å²) in [7, 11) is 1.65. The summed E-state index contributed by atoms with van der Waals surface area (Å²) in [5.74, 6) is 0.946. The van der Waals surface area contributed by atoms with Gasteiger partial charge < -0.3 is 9.84 Å². The second-order valence-electron chi connectivity index (χ2n) is 10.5. The lowest BCUT2D eigenvalue weighted by Gasteiger charge is -2.31. The van der Waals surface area contributed by atoms with E-state index in [0.29, 0.717) is 11.8 Å². The summed E-state index contributed by atoms with van der Waals surface area (Å²) in [5.41, 5.74) is 7.77. The number of aromatic nitrogens is 1. The van der Waals surface area contributed by atoms with Gasteiger partial charge in [-0.3, -0.25) is 4.99 Å². The lowest BCUT2D eigenvalue weighted by molar-refractivity contribution is 0.121. The van der Waals surface area contributed by atoms with Crippen LogP contribution in [0.4, 0.5) is 0 Å². The molecule has 0 fully saturated rings. The summed E-state index contributed by atoms with van der Waals surface area (Å²) < 4.78 is 5.56. The molecule has 2 atom stereocenters. The first-order valence-corrected chi connectivity index (χ1v) is 14.4. The number of aliphatic imine (C=N–C) groups is 1. The first-order valence-electron chi connectivity index (χ1n) is 14.4. The van der Waals surface area contributed by atoms with E-state index in [0.717, 1.165) is 58.0 Å². The summed E-state index contributed by atoms with van der Waals surface area (Å²) in [6.07, 6.45) is 6.58. The largest absolute Gasteiger partial charge is 0.481 e. The van der Waals surface area contributed by atoms with Crippen molar-refractivity contribution in [2.24, 2.45) is 10.9 Å². The maximum Gasteiger partial charge on any atom is 0.214 e. The van der Waals surface area contributed by atoms with Crippen LogP contribution in [-0.2, 0) is 18.4 Å². The average Bonchev–Trinajstić information content (AvgIpc) is 3.00. The number of fused-ring (bicyclic) bond motifs is 6. The zero-order chi connectivity index (χ0) is 28.9. The van der Waals surface area contributed by atoms with Crippen LogP contribution in [0, 0.1) is 12.8 Å². The average molecular weight is 535 g/mol. The van der Waals surface area contributed by atoms with Crippen LogP contribution in [0.5, 0.6) is 5.88 Å². The van der Waals surface area contributed by atoms with Gasteiger partial charge in [-0.1, -0.05) is 76.2 Å². The van der Waals surface area contributed by atoms with Gasteiger partial charge in [0.2, 0.25) is 5.88 Å². The standard InChI is InChI=1S/C34H36N2O2.C2H6/c1-6-22(2)20-35-21-24(4)34(37)28-13-10-23(3)26(17-28)12-11-25-8-7-9-27(16-25)30-19-33(38-5)36-32-15-14-29(34)18-31(30)32;1-2/h7-10,13-22,37H,6,11-12H2,1-5H3;1-2H3/b24-21+,35-20?;. The van der Waals surface area contributed by atoms with E-state index in [4.69, 9.17) is 9.72 Å². The number of pyridine rings is 1. The summed E-state index contributed by atoms with van der Waals surface area (Å²) >= 11 is 0. The molecule has 0 radical (unpaired) electrons. The molecule has 0 aliphatic heterocycles. The molecule has 6 bridgehead atoms. The van der Waals surface area contributed by atoms with Gasteiger partial charge in [0.25, 0.3) is 0 Å². The van der Waals surface area contributed by atoms with E-state index < -0.39 is 5.60 Å². The van der Waals surface area contributed by atoms with E-state index in [9.17, 15) is 5.11 Å². The van der Waals surface area contributed by atoms with E-state index in [1.807, 2.05) is 57.5 Å². The molecule has 4 heteroatoms.